The number of nitriles is 1. The number of aromatic nitrogens is 3. The molecule has 3 aromatic rings. The Kier molecular flexibility index (Phi) is 5.08. The molecule has 164 valence electrons. The monoisotopic (exact) mass is 438 g/mol. The minimum Gasteiger partial charge on any atom is -0.355 e. The fraction of sp³-hybridized carbons (Fsp3) is 0.391. The lowest BCUT2D eigenvalue weighted by Crippen LogP contribution is -2.47. The van der Waals surface area contributed by atoms with Crippen LogP contribution in [-0.2, 0) is 6.18 Å². The van der Waals surface area contributed by atoms with Gasteiger partial charge in [-0.15, -0.1) is 0 Å². The zero-order valence-corrected chi connectivity index (χ0v) is 17.3. The van der Waals surface area contributed by atoms with E-state index in [9.17, 15) is 13.2 Å². The third-order valence-corrected chi connectivity index (χ3v) is 6.28. The van der Waals surface area contributed by atoms with Crippen molar-refractivity contribution in [2.45, 2.75) is 24.9 Å². The van der Waals surface area contributed by atoms with Crippen molar-refractivity contribution < 1.29 is 13.2 Å². The minimum absolute atomic E-state index is 0.0994. The van der Waals surface area contributed by atoms with Crippen molar-refractivity contribution in [3.05, 3.63) is 54.0 Å². The summed E-state index contributed by atoms with van der Waals surface area (Å²) in [6.45, 7) is 2.93. The van der Waals surface area contributed by atoms with Crippen LogP contribution in [0, 0.1) is 17.2 Å². The maximum atomic E-state index is 13.1. The van der Waals surface area contributed by atoms with Gasteiger partial charge in [-0.25, -0.2) is 9.97 Å². The fourth-order valence-corrected chi connectivity index (χ4v) is 4.39. The molecule has 0 amide bonds. The Bertz CT molecular complexity index is 1170. The van der Waals surface area contributed by atoms with Crippen molar-refractivity contribution in [3.63, 3.8) is 0 Å². The van der Waals surface area contributed by atoms with Gasteiger partial charge in [-0.3, -0.25) is 4.98 Å². The molecule has 2 saturated heterocycles. The molecule has 32 heavy (non-hydrogen) atoms. The third-order valence-electron chi connectivity index (χ3n) is 6.28. The Hall–Kier alpha value is -3.41. The molecule has 0 unspecified atom stereocenters. The van der Waals surface area contributed by atoms with Crippen molar-refractivity contribution in [3.8, 4) is 6.07 Å². The number of anilines is 2. The number of hydrogen-bond acceptors (Lipinski definition) is 6. The van der Waals surface area contributed by atoms with Gasteiger partial charge in [0.2, 0.25) is 0 Å². The standard InChI is InChI=1S/C23H21F3N6/c24-23(25,26)18-3-1-16-2-4-20(30-19(16)11-18)32-13-17(14-32)21-22(29-8-7-28-21)31-9-5-15(12-27)6-10-31/h1-4,7-8,11,15,17H,5-6,9-10,13-14H2. The Morgan fingerprint density at radius 2 is 1.69 bits per heavy atom. The highest BCUT2D eigenvalue weighted by Gasteiger charge is 2.35. The van der Waals surface area contributed by atoms with Gasteiger partial charge in [-0.05, 0) is 37.1 Å². The molecule has 5 rings (SSSR count). The molecule has 0 N–H and O–H groups in total. The van der Waals surface area contributed by atoms with Crippen LogP contribution in [-0.4, -0.2) is 41.1 Å². The molecule has 9 heteroatoms. The van der Waals surface area contributed by atoms with Gasteiger partial charge in [-0.2, -0.15) is 18.4 Å². The topological polar surface area (TPSA) is 68.9 Å². The summed E-state index contributed by atoms with van der Waals surface area (Å²) in [5.41, 5.74) is 0.571. The molecule has 2 aliphatic rings. The van der Waals surface area contributed by atoms with Crippen LogP contribution in [0.1, 0.15) is 30.0 Å². The van der Waals surface area contributed by atoms with E-state index in [2.05, 4.69) is 25.9 Å². The van der Waals surface area contributed by atoms with Crippen molar-refractivity contribution in [2.75, 3.05) is 36.0 Å². The summed E-state index contributed by atoms with van der Waals surface area (Å²) in [6, 6.07) is 9.63. The van der Waals surface area contributed by atoms with E-state index in [-0.39, 0.29) is 11.8 Å². The van der Waals surface area contributed by atoms with Crippen LogP contribution in [0.4, 0.5) is 24.8 Å². The second kappa shape index (κ2) is 7.93. The first kappa shape index (κ1) is 20.5. The van der Waals surface area contributed by atoms with Gasteiger partial charge >= 0.3 is 6.18 Å². The average Bonchev–Trinajstić information content (AvgIpc) is 2.77. The lowest BCUT2D eigenvalue weighted by Gasteiger charge is -2.41. The molecule has 0 bridgehead atoms. The molecule has 0 aliphatic carbocycles. The van der Waals surface area contributed by atoms with Gasteiger partial charge in [0.15, 0.2) is 5.82 Å². The van der Waals surface area contributed by atoms with E-state index < -0.39 is 11.7 Å². The number of hydrogen-bond donors (Lipinski definition) is 0. The van der Waals surface area contributed by atoms with E-state index in [0.29, 0.717) is 29.8 Å². The van der Waals surface area contributed by atoms with Crippen LogP contribution in [0.5, 0.6) is 0 Å². The molecule has 0 saturated carbocycles. The summed E-state index contributed by atoms with van der Waals surface area (Å²) in [5, 5.41) is 9.81. The van der Waals surface area contributed by atoms with Crippen LogP contribution < -0.4 is 9.80 Å². The van der Waals surface area contributed by atoms with Gasteiger partial charge in [-0.1, -0.05) is 6.07 Å². The predicted octanol–water partition coefficient (Wildman–Crippen LogP) is 4.39. The van der Waals surface area contributed by atoms with E-state index in [1.54, 1.807) is 18.5 Å². The van der Waals surface area contributed by atoms with E-state index >= 15 is 0 Å². The van der Waals surface area contributed by atoms with Gasteiger partial charge in [0.1, 0.15) is 5.82 Å². The smallest absolute Gasteiger partial charge is 0.355 e. The minimum atomic E-state index is -4.39. The molecule has 0 radical (unpaired) electrons. The number of fused-ring (bicyclic) bond motifs is 1. The Balaban J connectivity index is 1.32. The highest BCUT2D eigenvalue weighted by molar-refractivity contribution is 5.81. The van der Waals surface area contributed by atoms with Crippen molar-refractivity contribution >= 4 is 22.5 Å². The van der Waals surface area contributed by atoms with Crippen molar-refractivity contribution in [1.82, 2.24) is 15.0 Å². The van der Waals surface area contributed by atoms with E-state index in [4.69, 9.17) is 5.26 Å². The summed E-state index contributed by atoms with van der Waals surface area (Å²) in [6.07, 6.45) is 0.636. The van der Waals surface area contributed by atoms with E-state index in [1.165, 1.54) is 6.07 Å². The zero-order valence-electron chi connectivity index (χ0n) is 17.3. The van der Waals surface area contributed by atoms with Gasteiger partial charge in [0.05, 0.1) is 22.8 Å². The molecular weight excluding hydrogens is 417 g/mol. The quantitative estimate of drug-likeness (QED) is 0.604. The molecule has 2 aliphatic heterocycles. The van der Waals surface area contributed by atoms with Crippen LogP contribution in [0.15, 0.2) is 42.7 Å². The SMILES string of the molecule is N#CC1CCN(c2nccnc2C2CN(c3ccc4ccc(C(F)(F)F)cc4n3)C2)CC1. The number of halogens is 3. The predicted molar refractivity (Wildman–Crippen MR) is 114 cm³/mol. The summed E-state index contributed by atoms with van der Waals surface area (Å²) in [4.78, 5) is 17.9. The second-order valence-electron chi connectivity index (χ2n) is 8.33. The van der Waals surface area contributed by atoms with Gasteiger partial charge < -0.3 is 9.80 Å². The molecule has 0 atom stereocenters. The van der Waals surface area contributed by atoms with Crippen LogP contribution in [0.25, 0.3) is 10.9 Å². The first-order valence-corrected chi connectivity index (χ1v) is 10.6. The molecule has 2 aromatic heterocycles. The second-order valence-corrected chi connectivity index (χ2v) is 8.33. The summed E-state index contributed by atoms with van der Waals surface area (Å²) >= 11 is 0. The number of rotatable bonds is 3. The largest absolute Gasteiger partial charge is 0.416 e. The van der Waals surface area contributed by atoms with Crippen LogP contribution in [0.3, 0.4) is 0 Å². The number of nitrogens with zero attached hydrogens (tertiary/aromatic N) is 6. The number of alkyl halides is 3. The summed E-state index contributed by atoms with van der Waals surface area (Å²) < 4.78 is 39.2. The first-order chi connectivity index (χ1) is 15.4. The van der Waals surface area contributed by atoms with E-state index in [1.807, 2.05) is 11.0 Å². The molecule has 4 heterocycles. The molecule has 2 fully saturated rings. The number of benzene rings is 1. The molecule has 1 aromatic carbocycles. The lowest BCUT2D eigenvalue weighted by molar-refractivity contribution is -0.137. The van der Waals surface area contributed by atoms with Crippen molar-refractivity contribution in [2.24, 2.45) is 5.92 Å². The average molecular weight is 438 g/mol. The third kappa shape index (κ3) is 3.81. The van der Waals surface area contributed by atoms with Gasteiger partial charge in [0.25, 0.3) is 0 Å². The van der Waals surface area contributed by atoms with Crippen LogP contribution >= 0.6 is 0 Å². The van der Waals surface area contributed by atoms with Crippen molar-refractivity contribution in [1.29, 1.82) is 5.26 Å². The molecular formula is C23H21F3N6. The summed E-state index contributed by atoms with van der Waals surface area (Å²) in [5.74, 6) is 1.80. The van der Waals surface area contributed by atoms with Crippen LogP contribution in [0.2, 0.25) is 0 Å². The normalized spacial score (nSPS) is 17.9. The highest BCUT2D eigenvalue weighted by atomic mass is 19.4. The zero-order chi connectivity index (χ0) is 22.3. The molecule has 0 spiro atoms. The van der Waals surface area contributed by atoms with E-state index in [0.717, 1.165) is 49.6 Å². The summed E-state index contributed by atoms with van der Waals surface area (Å²) in [7, 11) is 0. The molecule has 6 nitrogen and oxygen atoms in total. The number of piperidine rings is 1. The maximum absolute atomic E-state index is 13.1. The maximum Gasteiger partial charge on any atom is 0.416 e. The first-order valence-electron chi connectivity index (χ1n) is 10.6. The Morgan fingerprint density at radius 1 is 0.969 bits per heavy atom. The van der Waals surface area contributed by atoms with Gasteiger partial charge in [0, 0.05) is 55.8 Å². The fourth-order valence-electron chi connectivity index (χ4n) is 4.39. The Labute approximate surface area is 183 Å². The highest BCUT2D eigenvalue weighted by Crippen LogP contribution is 2.36. The lowest BCUT2D eigenvalue weighted by atomic mass is 9.94. The Morgan fingerprint density at radius 3 is 2.41 bits per heavy atom. The number of pyridine rings is 1.